The molecule has 0 N–H and O–H groups in total. The number of para-hydroxylation sites is 4. The van der Waals surface area contributed by atoms with Crippen LogP contribution in [0.4, 0.5) is 0 Å². The van der Waals surface area contributed by atoms with Gasteiger partial charge in [-0.15, -0.1) is 23.6 Å². The molecule has 6 heteroatoms. The number of fused-ring (bicyclic) bond motifs is 4. The molecule has 10 aromatic carbocycles. The zero-order valence-electron chi connectivity index (χ0n) is 42.2. The molecule has 0 spiro atoms. The van der Waals surface area contributed by atoms with Crippen LogP contribution in [0.3, 0.4) is 0 Å². The van der Waals surface area contributed by atoms with Gasteiger partial charge in [-0.05, 0) is 90.8 Å². The van der Waals surface area contributed by atoms with Gasteiger partial charge in [0, 0.05) is 44.3 Å². The summed E-state index contributed by atoms with van der Waals surface area (Å²) in [6.07, 6.45) is 5.77. The topological polar surface area (TPSA) is 35.9 Å². The van der Waals surface area contributed by atoms with Gasteiger partial charge in [0.2, 0.25) is 0 Å². The number of ether oxygens (including phenoxy) is 1. The van der Waals surface area contributed by atoms with E-state index in [2.05, 4.69) is 290 Å². The Hall–Kier alpha value is -8.89. The zero-order chi connectivity index (χ0) is 50.5. The monoisotopic (exact) mass is 1160 g/mol. The maximum Gasteiger partial charge on any atom is 0.268 e. The maximum absolute atomic E-state index is 7.27. The summed E-state index contributed by atoms with van der Waals surface area (Å²) in [6.45, 7) is 6.70. The summed E-state index contributed by atoms with van der Waals surface area (Å²) in [5.41, 5.74) is 17.6. The largest absolute Gasteiger partial charge is 0.509 e. The minimum atomic E-state index is -0.0684. The van der Waals surface area contributed by atoms with E-state index in [9.17, 15) is 0 Å². The van der Waals surface area contributed by atoms with Crippen molar-refractivity contribution in [1.82, 2.24) is 14.1 Å². The van der Waals surface area contributed by atoms with E-state index in [1.165, 1.54) is 5.56 Å². The molecule has 0 fully saturated rings. The summed E-state index contributed by atoms with van der Waals surface area (Å²) < 4.78 is 13.8. The first-order valence-corrected chi connectivity index (χ1v) is 25.4. The van der Waals surface area contributed by atoms with Crippen LogP contribution in [0.15, 0.2) is 249 Å². The van der Waals surface area contributed by atoms with E-state index in [-0.39, 0.29) is 26.5 Å². The molecule has 0 bridgehead atoms. The second kappa shape index (κ2) is 20.1. The molecule has 0 unspecified atom stereocenters. The molecule has 368 valence electrons. The van der Waals surface area contributed by atoms with Crippen molar-refractivity contribution in [2.45, 2.75) is 26.2 Å². The molecular formula is C70H50N4OPt-2. The fourth-order valence-electron chi connectivity index (χ4n) is 10.5. The molecule has 3 aromatic heterocycles. The van der Waals surface area contributed by atoms with Gasteiger partial charge in [-0.3, -0.25) is 4.57 Å². The van der Waals surface area contributed by atoms with Gasteiger partial charge >= 0.3 is 0 Å². The Morgan fingerprint density at radius 1 is 0.461 bits per heavy atom. The van der Waals surface area contributed by atoms with Crippen LogP contribution in [0.1, 0.15) is 26.3 Å². The molecule has 0 aliphatic heterocycles. The first kappa shape index (κ1) is 48.1. The standard InChI is InChI=1S/C70H50N4O.Pt/c1-70(2,3)55-39-40-71-68(44-55)74-63-32-17-16-29-61(63)62-38-36-57(46-66(62)74)75-67-45-56(35-37-58(67)54-42-52(48-21-8-4-9-22-48)41-53(43-54)49-23-10-5-11-24-49)72-47-73(65-34-19-18-33-64(65)72)69-59(50-25-12-6-13-26-50)30-20-31-60(69)51-27-14-7-15-28-51;/h4-44H,1-3H3;/q-2;. The molecule has 0 radical (unpaired) electrons. The Labute approximate surface area is 457 Å². The van der Waals surface area contributed by atoms with Gasteiger partial charge in [-0.2, -0.15) is 18.2 Å². The molecule has 13 aromatic rings. The number of hydrogen-bond donors (Lipinski definition) is 0. The quantitative estimate of drug-likeness (QED) is 0.101. The number of pyridine rings is 1. The average Bonchev–Trinajstić information content (AvgIpc) is 4.07. The molecule has 0 amide bonds. The summed E-state index contributed by atoms with van der Waals surface area (Å²) in [6, 6.07) is 93.0. The van der Waals surface area contributed by atoms with Crippen LogP contribution in [0.5, 0.6) is 11.5 Å². The number of aromatic nitrogens is 4. The van der Waals surface area contributed by atoms with Gasteiger partial charge in [-0.1, -0.05) is 232 Å². The van der Waals surface area contributed by atoms with E-state index in [4.69, 9.17) is 9.72 Å². The molecule has 0 aliphatic rings. The molecule has 0 aliphatic carbocycles. The zero-order valence-corrected chi connectivity index (χ0v) is 44.5. The summed E-state index contributed by atoms with van der Waals surface area (Å²) in [5, 5.41) is 2.18. The normalized spacial score (nSPS) is 11.5. The third-order valence-corrected chi connectivity index (χ3v) is 14.2. The third kappa shape index (κ3) is 8.93. The molecule has 3 heterocycles. The average molecular weight is 1160 g/mol. The van der Waals surface area contributed by atoms with E-state index in [1.54, 1.807) is 0 Å². The Balaban J connectivity index is 0.00000582. The van der Waals surface area contributed by atoms with Gasteiger partial charge in [0.1, 0.15) is 5.82 Å². The SMILES string of the molecule is CC(C)(C)c1ccnc(-n2c3[c-]c(Oc4[c-]c(-n5[c-][n+](-c6c(-c7ccccc7)cccc6-c6ccccc6)c6ccccc65)ccc4-c4cc(-c5ccccc5)cc(-c5ccccc5)c4)ccc3c3ccccc32)c1.[Pt]. The molecule has 5 nitrogen and oxygen atoms in total. The summed E-state index contributed by atoms with van der Waals surface area (Å²) in [4.78, 5) is 4.96. The van der Waals surface area contributed by atoms with Crippen molar-refractivity contribution in [3.05, 3.63) is 273 Å². The molecule has 0 saturated heterocycles. The first-order chi connectivity index (χ1) is 36.8. The van der Waals surface area contributed by atoms with Crippen molar-refractivity contribution < 1.29 is 30.4 Å². The molecular weight excluding hydrogens is 1110 g/mol. The second-order valence-electron chi connectivity index (χ2n) is 20.0. The predicted molar refractivity (Wildman–Crippen MR) is 306 cm³/mol. The number of benzene rings is 10. The van der Waals surface area contributed by atoms with E-state index in [0.717, 1.165) is 106 Å². The van der Waals surface area contributed by atoms with Crippen LogP contribution >= 0.6 is 0 Å². The Kier molecular flexibility index (Phi) is 12.7. The minimum Gasteiger partial charge on any atom is -0.509 e. The number of rotatable bonds is 10. The third-order valence-electron chi connectivity index (χ3n) is 14.2. The van der Waals surface area contributed by atoms with E-state index < -0.39 is 0 Å². The van der Waals surface area contributed by atoms with Crippen LogP contribution in [-0.4, -0.2) is 14.1 Å². The maximum atomic E-state index is 7.27. The van der Waals surface area contributed by atoms with Crippen molar-refractivity contribution in [3.8, 4) is 84.3 Å². The smallest absolute Gasteiger partial charge is 0.268 e. The van der Waals surface area contributed by atoms with Crippen molar-refractivity contribution in [1.29, 1.82) is 0 Å². The van der Waals surface area contributed by atoms with Crippen molar-refractivity contribution in [2.24, 2.45) is 0 Å². The van der Waals surface area contributed by atoms with Crippen LogP contribution in [-0.2, 0) is 26.5 Å². The Morgan fingerprint density at radius 3 is 1.66 bits per heavy atom. The Morgan fingerprint density at radius 2 is 1.03 bits per heavy atom. The summed E-state index contributed by atoms with van der Waals surface area (Å²) in [7, 11) is 0. The van der Waals surface area contributed by atoms with Crippen LogP contribution in [0, 0.1) is 18.5 Å². The number of hydrogen-bond acceptors (Lipinski definition) is 2. The van der Waals surface area contributed by atoms with E-state index >= 15 is 0 Å². The fraction of sp³-hybridized carbons (Fsp3) is 0.0571. The predicted octanol–water partition coefficient (Wildman–Crippen LogP) is 17.2. The van der Waals surface area contributed by atoms with E-state index in [1.807, 2.05) is 12.3 Å². The minimum absolute atomic E-state index is 0. The van der Waals surface area contributed by atoms with Crippen LogP contribution < -0.4 is 9.30 Å². The summed E-state index contributed by atoms with van der Waals surface area (Å²) >= 11 is 0. The first-order valence-electron chi connectivity index (χ1n) is 25.4. The number of nitrogens with zero attached hydrogens (tertiary/aromatic N) is 4. The van der Waals surface area contributed by atoms with Gasteiger partial charge in [0.25, 0.3) is 6.33 Å². The molecule has 0 atom stereocenters. The van der Waals surface area contributed by atoms with Crippen molar-refractivity contribution in [2.75, 3.05) is 0 Å². The van der Waals surface area contributed by atoms with Gasteiger partial charge < -0.3 is 13.9 Å². The van der Waals surface area contributed by atoms with Gasteiger partial charge in [0.15, 0.2) is 0 Å². The second-order valence-corrected chi connectivity index (χ2v) is 20.0. The van der Waals surface area contributed by atoms with Crippen LogP contribution in [0.2, 0.25) is 0 Å². The number of imidazole rings is 1. The molecule has 13 rings (SSSR count). The van der Waals surface area contributed by atoms with E-state index in [0.29, 0.717) is 11.5 Å². The van der Waals surface area contributed by atoms with Crippen molar-refractivity contribution in [3.63, 3.8) is 0 Å². The van der Waals surface area contributed by atoms with Crippen molar-refractivity contribution >= 4 is 32.8 Å². The molecule has 76 heavy (non-hydrogen) atoms. The summed E-state index contributed by atoms with van der Waals surface area (Å²) in [5.74, 6) is 1.93. The Bertz CT molecular complexity index is 4120. The van der Waals surface area contributed by atoms with Gasteiger partial charge in [-0.25, -0.2) is 4.98 Å². The molecule has 0 saturated carbocycles. The van der Waals surface area contributed by atoms with Crippen LogP contribution in [0.25, 0.3) is 106 Å². The van der Waals surface area contributed by atoms with Gasteiger partial charge in [0.05, 0.1) is 16.7 Å². The fourth-order valence-corrected chi connectivity index (χ4v) is 10.5.